The first-order valence-corrected chi connectivity index (χ1v) is 8.09. The fourth-order valence-corrected chi connectivity index (χ4v) is 2.98. The number of benzene rings is 2. The quantitative estimate of drug-likeness (QED) is 0.858. The molecule has 0 saturated carbocycles. The molecule has 3 N–H and O–H groups in total. The lowest BCUT2D eigenvalue weighted by molar-refractivity contribution is 0.340. The maximum absolute atomic E-state index is 12.3. The molecule has 6 heteroatoms. The van der Waals surface area contributed by atoms with Crippen molar-refractivity contribution in [1.29, 1.82) is 0 Å². The lowest BCUT2D eigenvalue weighted by Crippen LogP contribution is -2.15. The normalized spacial score (nSPS) is 11.1. The van der Waals surface area contributed by atoms with Crippen LogP contribution < -0.4 is 15.2 Å². The third-order valence-corrected chi connectivity index (χ3v) is 4.31. The van der Waals surface area contributed by atoms with Crippen LogP contribution in [0.15, 0.2) is 53.4 Å². The van der Waals surface area contributed by atoms with E-state index in [0.717, 1.165) is 5.56 Å². The highest BCUT2D eigenvalue weighted by atomic mass is 32.2. The van der Waals surface area contributed by atoms with Gasteiger partial charge in [0.1, 0.15) is 5.75 Å². The van der Waals surface area contributed by atoms with Gasteiger partial charge in [-0.3, -0.25) is 4.72 Å². The van der Waals surface area contributed by atoms with Crippen LogP contribution in [0.4, 0.5) is 5.69 Å². The van der Waals surface area contributed by atoms with Crippen LogP contribution in [0.2, 0.25) is 0 Å². The van der Waals surface area contributed by atoms with E-state index in [1.54, 1.807) is 30.3 Å². The molecule has 0 radical (unpaired) electrons. The van der Waals surface area contributed by atoms with E-state index in [-0.39, 0.29) is 11.4 Å². The Morgan fingerprint density at radius 1 is 1.10 bits per heavy atom. The zero-order chi connectivity index (χ0) is 15.3. The Morgan fingerprint density at radius 2 is 1.76 bits per heavy atom. The van der Waals surface area contributed by atoms with Gasteiger partial charge in [-0.1, -0.05) is 18.2 Å². The molecule has 0 saturated heterocycles. The van der Waals surface area contributed by atoms with Gasteiger partial charge in [0, 0.05) is 6.54 Å². The maximum Gasteiger partial charge on any atom is 0.261 e. The summed E-state index contributed by atoms with van der Waals surface area (Å²) < 4.78 is 32.5. The molecule has 0 fully saturated rings. The van der Waals surface area contributed by atoms with Gasteiger partial charge in [0.05, 0.1) is 17.2 Å². The molecule has 0 heterocycles. The second-order valence-electron chi connectivity index (χ2n) is 4.37. The smallest absolute Gasteiger partial charge is 0.261 e. The molecule has 0 amide bonds. The highest BCUT2D eigenvalue weighted by Crippen LogP contribution is 2.21. The fraction of sp³-hybridized carbons (Fsp3) is 0.200. The summed E-state index contributed by atoms with van der Waals surface area (Å²) in [5.41, 5.74) is 6.85. The van der Waals surface area contributed by atoms with Crippen LogP contribution in [0.3, 0.4) is 0 Å². The molecule has 112 valence electrons. The number of nitrogens with two attached hydrogens (primary N) is 1. The van der Waals surface area contributed by atoms with Gasteiger partial charge in [-0.25, -0.2) is 8.42 Å². The minimum Gasteiger partial charge on any atom is -0.494 e. The van der Waals surface area contributed by atoms with Gasteiger partial charge in [-0.05, 0) is 42.8 Å². The molecule has 5 nitrogen and oxygen atoms in total. The molecular formula is C15H18N2O3S. The maximum atomic E-state index is 12.3. The molecular weight excluding hydrogens is 288 g/mol. The van der Waals surface area contributed by atoms with E-state index in [1.807, 2.05) is 13.0 Å². The summed E-state index contributed by atoms with van der Waals surface area (Å²) >= 11 is 0. The molecule has 0 unspecified atom stereocenters. The third-order valence-electron chi connectivity index (χ3n) is 2.93. The van der Waals surface area contributed by atoms with Crippen LogP contribution in [0.5, 0.6) is 5.75 Å². The summed E-state index contributed by atoms with van der Waals surface area (Å²) in [6.07, 6.45) is 0. The molecule has 0 aliphatic heterocycles. The Hall–Kier alpha value is -2.05. The lowest BCUT2D eigenvalue weighted by Gasteiger charge is -2.12. The van der Waals surface area contributed by atoms with E-state index in [0.29, 0.717) is 18.0 Å². The first-order chi connectivity index (χ1) is 10.1. The Labute approximate surface area is 124 Å². The lowest BCUT2D eigenvalue weighted by atomic mass is 10.2. The topological polar surface area (TPSA) is 81.4 Å². The average Bonchev–Trinajstić information content (AvgIpc) is 2.48. The number of hydrogen-bond donors (Lipinski definition) is 2. The average molecular weight is 306 g/mol. The molecule has 0 aromatic heterocycles. The van der Waals surface area contributed by atoms with Crippen molar-refractivity contribution in [3.8, 4) is 5.75 Å². The van der Waals surface area contributed by atoms with Gasteiger partial charge in [-0.15, -0.1) is 0 Å². The third kappa shape index (κ3) is 3.74. The van der Waals surface area contributed by atoms with Crippen molar-refractivity contribution in [2.45, 2.75) is 18.4 Å². The number of sulfonamides is 1. The fourth-order valence-electron chi connectivity index (χ4n) is 1.88. The van der Waals surface area contributed by atoms with Crippen molar-refractivity contribution in [2.24, 2.45) is 5.73 Å². The summed E-state index contributed by atoms with van der Waals surface area (Å²) in [6, 6.07) is 13.3. The van der Waals surface area contributed by atoms with Crippen LogP contribution in [-0.4, -0.2) is 15.0 Å². The number of rotatable bonds is 6. The van der Waals surface area contributed by atoms with Crippen LogP contribution in [-0.2, 0) is 16.6 Å². The van der Waals surface area contributed by atoms with Crippen LogP contribution in [0, 0.1) is 0 Å². The number of para-hydroxylation sites is 1. The molecule has 0 atom stereocenters. The van der Waals surface area contributed by atoms with Gasteiger partial charge in [0.15, 0.2) is 0 Å². The minimum absolute atomic E-state index is 0.178. The predicted octanol–water partition coefficient (Wildman–Crippen LogP) is 2.34. The first kappa shape index (κ1) is 15.3. The zero-order valence-electron chi connectivity index (χ0n) is 11.7. The van der Waals surface area contributed by atoms with Crippen molar-refractivity contribution in [1.82, 2.24) is 0 Å². The highest BCUT2D eigenvalue weighted by Gasteiger charge is 2.15. The van der Waals surface area contributed by atoms with Gasteiger partial charge in [-0.2, -0.15) is 0 Å². The van der Waals surface area contributed by atoms with Crippen LogP contribution in [0.25, 0.3) is 0 Å². The Balaban J connectivity index is 2.25. The molecule has 21 heavy (non-hydrogen) atoms. The molecule has 2 aromatic rings. The van der Waals surface area contributed by atoms with Crippen molar-refractivity contribution < 1.29 is 13.2 Å². The number of ether oxygens (including phenoxy) is 1. The van der Waals surface area contributed by atoms with E-state index in [4.69, 9.17) is 10.5 Å². The molecule has 0 bridgehead atoms. The Morgan fingerprint density at radius 3 is 2.38 bits per heavy atom. The van der Waals surface area contributed by atoms with E-state index in [2.05, 4.69) is 4.72 Å². The van der Waals surface area contributed by atoms with Crippen molar-refractivity contribution in [2.75, 3.05) is 11.3 Å². The van der Waals surface area contributed by atoms with Crippen molar-refractivity contribution in [3.63, 3.8) is 0 Å². The van der Waals surface area contributed by atoms with Crippen molar-refractivity contribution >= 4 is 15.7 Å². The molecule has 0 aliphatic rings. The zero-order valence-corrected chi connectivity index (χ0v) is 12.6. The van der Waals surface area contributed by atoms with E-state index in [9.17, 15) is 8.42 Å². The number of anilines is 1. The number of hydrogen-bond acceptors (Lipinski definition) is 4. The molecule has 2 rings (SSSR count). The largest absolute Gasteiger partial charge is 0.494 e. The molecule has 0 aliphatic carbocycles. The van der Waals surface area contributed by atoms with Gasteiger partial charge < -0.3 is 10.5 Å². The van der Waals surface area contributed by atoms with Gasteiger partial charge in [0.25, 0.3) is 10.0 Å². The SMILES string of the molecule is CCOc1ccc(S(=O)(=O)Nc2ccccc2CN)cc1. The Bertz CT molecular complexity index is 697. The summed E-state index contributed by atoms with van der Waals surface area (Å²) in [4.78, 5) is 0.178. The Kier molecular flexibility index (Phi) is 4.82. The van der Waals surface area contributed by atoms with Crippen molar-refractivity contribution in [3.05, 3.63) is 54.1 Å². The summed E-state index contributed by atoms with van der Waals surface area (Å²) in [5.74, 6) is 0.638. The molecule has 0 spiro atoms. The first-order valence-electron chi connectivity index (χ1n) is 6.60. The summed E-state index contributed by atoms with van der Waals surface area (Å²) in [6.45, 7) is 2.67. The van der Waals surface area contributed by atoms with Gasteiger partial charge in [0.2, 0.25) is 0 Å². The van der Waals surface area contributed by atoms with Gasteiger partial charge >= 0.3 is 0 Å². The predicted molar refractivity (Wildman–Crippen MR) is 82.8 cm³/mol. The van der Waals surface area contributed by atoms with E-state index < -0.39 is 10.0 Å². The minimum atomic E-state index is -3.64. The second kappa shape index (κ2) is 6.60. The van der Waals surface area contributed by atoms with Crippen LogP contribution >= 0.6 is 0 Å². The second-order valence-corrected chi connectivity index (χ2v) is 6.05. The van der Waals surface area contributed by atoms with E-state index in [1.165, 1.54) is 12.1 Å². The standard InChI is InChI=1S/C15H18N2O3S/c1-2-20-13-7-9-14(10-8-13)21(18,19)17-15-6-4-3-5-12(15)11-16/h3-10,17H,2,11,16H2,1H3. The highest BCUT2D eigenvalue weighted by molar-refractivity contribution is 7.92. The molecule has 2 aromatic carbocycles. The summed E-state index contributed by atoms with van der Waals surface area (Å²) in [7, 11) is -3.64. The monoisotopic (exact) mass is 306 g/mol. The summed E-state index contributed by atoms with van der Waals surface area (Å²) in [5, 5.41) is 0. The number of nitrogens with one attached hydrogen (secondary N) is 1. The van der Waals surface area contributed by atoms with Crippen LogP contribution in [0.1, 0.15) is 12.5 Å². The van der Waals surface area contributed by atoms with E-state index >= 15 is 0 Å².